The molecule has 3 rings (SSSR count). The van der Waals surface area contributed by atoms with Crippen LogP contribution >= 0.6 is 0 Å². The highest BCUT2D eigenvalue weighted by molar-refractivity contribution is 5.94. The van der Waals surface area contributed by atoms with E-state index in [4.69, 9.17) is 18.9 Å². The molecule has 0 aliphatic carbocycles. The van der Waals surface area contributed by atoms with Crippen LogP contribution in [-0.2, 0) is 24.9 Å². The molecule has 0 saturated heterocycles. The molecule has 10 heteroatoms. The third-order valence-corrected chi connectivity index (χ3v) is 5.38. The minimum Gasteiger partial charge on any atom is -0.497 e. The largest absolute Gasteiger partial charge is 0.497 e. The number of amides is 2. The number of carbonyl (C=O) groups excluding carboxylic acids is 2. The molecular weight excluding hydrogens is 488 g/mol. The molecule has 3 aromatic rings. The van der Waals surface area contributed by atoms with Gasteiger partial charge >= 0.3 is 6.09 Å². The van der Waals surface area contributed by atoms with Crippen molar-refractivity contribution in [1.29, 1.82) is 0 Å². The van der Waals surface area contributed by atoms with Gasteiger partial charge in [0.25, 0.3) is 5.91 Å². The zero-order valence-corrected chi connectivity index (χ0v) is 23.0. The maximum absolute atomic E-state index is 13.1. The molecule has 0 saturated carbocycles. The molecule has 0 aliphatic rings. The van der Waals surface area contributed by atoms with Crippen LogP contribution in [0.2, 0.25) is 0 Å². The van der Waals surface area contributed by atoms with Gasteiger partial charge in [-0.25, -0.2) is 4.79 Å². The van der Waals surface area contributed by atoms with Crippen LogP contribution in [0.1, 0.15) is 49.2 Å². The van der Waals surface area contributed by atoms with Crippen molar-refractivity contribution in [1.82, 2.24) is 14.5 Å². The second-order valence-electron chi connectivity index (χ2n) is 9.63. The summed E-state index contributed by atoms with van der Waals surface area (Å²) in [4.78, 5) is 29.6. The van der Waals surface area contributed by atoms with Crippen LogP contribution < -0.4 is 25.1 Å². The minimum absolute atomic E-state index is 0.258. The van der Waals surface area contributed by atoms with Gasteiger partial charge in [-0.1, -0.05) is 0 Å². The summed E-state index contributed by atoms with van der Waals surface area (Å²) >= 11 is 0. The van der Waals surface area contributed by atoms with Crippen molar-refractivity contribution in [3.63, 3.8) is 0 Å². The topological polar surface area (TPSA) is 105 Å². The summed E-state index contributed by atoms with van der Waals surface area (Å²) in [6.45, 7) is 8.34. The van der Waals surface area contributed by atoms with Crippen molar-refractivity contribution >= 4 is 12.0 Å². The Morgan fingerprint density at radius 3 is 2.18 bits per heavy atom. The Balaban J connectivity index is 1.85. The Morgan fingerprint density at radius 1 is 0.921 bits per heavy atom. The molecule has 204 valence electrons. The fourth-order valence-corrected chi connectivity index (χ4v) is 3.73. The first kappa shape index (κ1) is 28.4. The third kappa shape index (κ3) is 7.89. The Kier molecular flexibility index (Phi) is 9.22. The van der Waals surface area contributed by atoms with Gasteiger partial charge in [0.05, 0.1) is 27.4 Å². The first-order valence-electron chi connectivity index (χ1n) is 12.3. The van der Waals surface area contributed by atoms with E-state index in [1.807, 2.05) is 31.3 Å². The number of nitrogens with one attached hydrogen (secondary N) is 1. The van der Waals surface area contributed by atoms with E-state index >= 15 is 0 Å². The van der Waals surface area contributed by atoms with Crippen LogP contribution in [0.3, 0.4) is 0 Å². The van der Waals surface area contributed by atoms with Gasteiger partial charge in [-0.05, 0) is 69.2 Å². The lowest BCUT2D eigenvalue weighted by atomic mass is 10.1. The number of ether oxygens (including phenoxy) is 4. The van der Waals surface area contributed by atoms with Gasteiger partial charge in [0, 0.05) is 37.6 Å². The minimum atomic E-state index is -0.676. The number of hydrogen-bond acceptors (Lipinski definition) is 6. The zero-order chi connectivity index (χ0) is 27.9. The molecule has 0 atom stereocenters. The molecule has 2 aromatic carbocycles. The first-order valence-corrected chi connectivity index (χ1v) is 12.3. The van der Waals surface area contributed by atoms with Crippen molar-refractivity contribution in [2.45, 2.75) is 46.4 Å². The normalized spacial score (nSPS) is 11.7. The molecule has 38 heavy (non-hydrogen) atoms. The summed E-state index contributed by atoms with van der Waals surface area (Å²) in [7, 11) is 4.95. The fourth-order valence-electron chi connectivity index (χ4n) is 3.73. The first-order chi connectivity index (χ1) is 18.0. The molecule has 0 aliphatic heterocycles. The molecule has 0 unspecified atom stereocenters. The molecule has 0 radical (unpaired) electrons. The van der Waals surface area contributed by atoms with Gasteiger partial charge < -0.3 is 33.4 Å². The molecule has 0 fully saturated rings. The maximum Gasteiger partial charge on any atom is 0.437 e. The fraction of sp³-hybridized carbons (Fsp3) is 0.393. The van der Waals surface area contributed by atoms with E-state index in [0.29, 0.717) is 41.6 Å². The molecule has 1 aromatic heterocycles. The Bertz CT molecular complexity index is 1330. The lowest BCUT2D eigenvalue weighted by Crippen LogP contribution is -2.29. The third-order valence-electron chi connectivity index (χ3n) is 5.38. The SMILES string of the molecule is CCOc1cc(Cn2ccn(C)/c2=N\C(=O)OC(C)(C)C)cc(C(=O)NCc2cc(OC)cc(OC)c2)c1. The van der Waals surface area contributed by atoms with Crippen molar-refractivity contribution in [2.75, 3.05) is 20.8 Å². The second kappa shape index (κ2) is 12.4. The average molecular weight is 525 g/mol. The number of rotatable bonds is 9. The summed E-state index contributed by atoms with van der Waals surface area (Å²) in [5.74, 6) is 1.59. The van der Waals surface area contributed by atoms with Crippen LogP contribution in [0.25, 0.3) is 0 Å². The molecule has 10 nitrogen and oxygen atoms in total. The van der Waals surface area contributed by atoms with Gasteiger partial charge in [0.1, 0.15) is 22.8 Å². The van der Waals surface area contributed by atoms with Gasteiger partial charge in [-0.2, -0.15) is 0 Å². The Morgan fingerprint density at radius 2 is 1.58 bits per heavy atom. The van der Waals surface area contributed by atoms with Crippen molar-refractivity contribution in [3.8, 4) is 17.2 Å². The van der Waals surface area contributed by atoms with Crippen molar-refractivity contribution < 1.29 is 28.5 Å². The van der Waals surface area contributed by atoms with Crippen molar-refractivity contribution in [2.24, 2.45) is 12.0 Å². The van der Waals surface area contributed by atoms with Crippen molar-refractivity contribution in [3.05, 3.63) is 71.1 Å². The summed E-state index contributed by atoms with van der Waals surface area (Å²) in [6, 6.07) is 10.8. The monoisotopic (exact) mass is 524 g/mol. The predicted molar refractivity (Wildman–Crippen MR) is 143 cm³/mol. The lowest BCUT2D eigenvalue weighted by Gasteiger charge is -2.17. The van der Waals surface area contributed by atoms with E-state index in [9.17, 15) is 9.59 Å². The molecule has 1 heterocycles. The summed E-state index contributed by atoms with van der Waals surface area (Å²) in [5, 5.41) is 2.95. The highest BCUT2D eigenvalue weighted by atomic mass is 16.6. The number of benzene rings is 2. The Labute approximate surface area is 222 Å². The number of nitrogens with zero attached hydrogens (tertiary/aromatic N) is 3. The van der Waals surface area contributed by atoms with Crippen LogP contribution in [-0.4, -0.2) is 47.6 Å². The highest BCUT2D eigenvalue weighted by Gasteiger charge is 2.16. The number of methoxy groups -OCH3 is 2. The molecule has 0 bridgehead atoms. The predicted octanol–water partition coefficient (Wildman–Crippen LogP) is 4.06. The van der Waals surface area contributed by atoms with E-state index in [2.05, 4.69) is 10.3 Å². The van der Waals surface area contributed by atoms with E-state index in [-0.39, 0.29) is 12.5 Å². The van der Waals surface area contributed by atoms with Crippen LogP contribution in [0.15, 0.2) is 53.8 Å². The van der Waals surface area contributed by atoms with Gasteiger partial charge in [0.15, 0.2) is 0 Å². The van der Waals surface area contributed by atoms with E-state index in [1.54, 1.807) is 75.6 Å². The number of aryl methyl sites for hydroxylation is 1. The zero-order valence-electron chi connectivity index (χ0n) is 23.0. The maximum atomic E-state index is 13.1. The quantitative estimate of drug-likeness (QED) is 0.453. The smallest absolute Gasteiger partial charge is 0.437 e. The number of imidazole rings is 1. The van der Waals surface area contributed by atoms with Gasteiger partial charge in [-0.3, -0.25) is 4.79 Å². The summed E-state index contributed by atoms with van der Waals surface area (Å²) < 4.78 is 25.2. The van der Waals surface area contributed by atoms with Gasteiger partial charge in [0.2, 0.25) is 5.62 Å². The second-order valence-corrected chi connectivity index (χ2v) is 9.63. The standard InChI is InChI=1S/C28H36N4O6/c1-8-37-24-14-20(18-32-10-9-31(5)26(32)30-27(34)38-28(2,3)4)11-21(15-24)25(33)29-17-19-12-22(35-6)16-23(13-19)36-7/h9-16H,8,17-18H2,1-7H3,(H,29,33)/b30-26+. The average Bonchev–Trinajstić information content (AvgIpc) is 3.19. The van der Waals surface area contributed by atoms with Gasteiger partial charge in [-0.15, -0.1) is 4.99 Å². The van der Waals surface area contributed by atoms with E-state index < -0.39 is 11.7 Å². The van der Waals surface area contributed by atoms with Crippen LogP contribution in [0, 0.1) is 0 Å². The molecule has 1 N–H and O–H groups in total. The molecular formula is C28H36N4O6. The molecule has 2 amide bonds. The van der Waals surface area contributed by atoms with E-state index in [1.165, 1.54) is 0 Å². The van der Waals surface area contributed by atoms with Crippen LogP contribution in [0.5, 0.6) is 17.2 Å². The lowest BCUT2D eigenvalue weighted by molar-refractivity contribution is 0.0593. The summed E-state index contributed by atoms with van der Waals surface area (Å²) in [6.07, 6.45) is 2.93. The molecule has 0 spiro atoms. The number of carbonyl (C=O) groups is 2. The van der Waals surface area contributed by atoms with Crippen LogP contribution in [0.4, 0.5) is 4.79 Å². The number of aromatic nitrogens is 2. The Hall–Kier alpha value is -4.21. The van der Waals surface area contributed by atoms with E-state index in [0.717, 1.165) is 11.1 Å². The number of hydrogen-bond donors (Lipinski definition) is 1. The summed E-state index contributed by atoms with van der Waals surface area (Å²) in [5.41, 5.74) is 1.85. The highest BCUT2D eigenvalue weighted by Crippen LogP contribution is 2.23.